The van der Waals surface area contributed by atoms with Gasteiger partial charge in [0.1, 0.15) is 5.69 Å². The lowest BCUT2D eigenvalue weighted by Crippen LogP contribution is -2.14. The molecule has 0 radical (unpaired) electrons. The van der Waals surface area contributed by atoms with E-state index in [4.69, 9.17) is 10.5 Å². The predicted octanol–water partition coefficient (Wildman–Crippen LogP) is 1.06. The fourth-order valence-electron chi connectivity index (χ4n) is 1.52. The largest absolute Gasteiger partial charge is 0.466 e. The van der Waals surface area contributed by atoms with Gasteiger partial charge < -0.3 is 15.8 Å². The van der Waals surface area contributed by atoms with E-state index in [9.17, 15) is 19.7 Å². The number of anilines is 1. The summed E-state index contributed by atoms with van der Waals surface area (Å²) in [6.07, 6.45) is 0.0859. The highest BCUT2D eigenvalue weighted by atomic mass is 16.6. The molecule has 108 valence electrons. The number of primary amides is 1. The molecular weight excluding hydrogens is 266 g/mol. The zero-order valence-corrected chi connectivity index (χ0v) is 10.9. The minimum absolute atomic E-state index is 0.0487. The van der Waals surface area contributed by atoms with Gasteiger partial charge in [-0.25, -0.2) is 0 Å². The second-order valence-corrected chi connectivity index (χ2v) is 3.84. The molecule has 20 heavy (non-hydrogen) atoms. The van der Waals surface area contributed by atoms with Crippen LogP contribution in [0.1, 0.15) is 23.7 Å². The molecule has 0 aromatic heterocycles. The Balaban J connectivity index is 2.77. The SMILES string of the molecule is CCOC(=O)CCNc1ccc(C(N)=O)cc1[N+](=O)[O-]. The first-order valence-electron chi connectivity index (χ1n) is 5.93. The summed E-state index contributed by atoms with van der Waals surface area (Å²) in [4.78, 5) is 32.4. The highest BCUT2D eigenvalue weighted by Crippen LogP contribution is 2.25. The molecule has 0 atom stereocenters. The molecule has 1 aromatic carbocycles. The lowest BCUT2D eigenvalue weighted by Gasteiger charge is -2.07. The number of amides is 1. The number of nitrogens with one attached hydrogen (secondary N) is 1. The number of rotatable bonds is 7. The first kappa shape index (κ1) is 15.4. The van der Waals surface area contributed by atoms with Crippen LogP contribution in [0.15, 0.2) is 18.2 Å². The molecule has 0 heterocycles. The Kier molecular flexibility index (Phi) is 5.45. The number of nitrogens with zero attached hydrogens (tertiary/aromatic N) is 1. The summed E-state index contributed by atoms with van der Waals surface area (Å²) in [7, 11) is 0. The predicted molar refractivity (Wildman–Crippen MR) is 71.4 cm³/mol. The second-order valence-electron chi connectivity index (χ2n) is 3.84. The number of carbonyl (C=O) groups excluding carboxylic acids is 2. The molecule has 0 spiro atoms. The standard InChI is InChI=1S/C12H15N3O5/c1-2-20-11(16)5-6-14-9-4-3-8(12(13)17)7-10(9)15(18)19/h3-4,7,14H,2,5-6H2,1H3,(H2,13,17). The van der Waals surface area contributed by atoms with Gasteiger partial charge in [0.2, 0.25) is 5.91 Å². The van der Waals surface area contributed by atoms with Gasteiger partial charge in [-0.1, -0.05) is 0 Å². The molecule has 0 saturated heterocycles. The van der Waals surface area contributed by atoms with E-state index in [2.05, 4.69) is 5.32 Å². The molecule has 8 heteroatoms. The van der Waals surface area contributed by atoms with E-state index in [0.717, 1.165) is 6.07 Å². The molecule has 0 aliphatic rings. The maximum Gasteiger partial charge on any atom is 0.307 e. The van der Waals surface area contributed by atoms with Crippen LogP contribution in [0.2, 0.25) is 0 Å². The summed E-state index contributed by atoms with van der Waals surface area (Å²) < 4.78 is 4.73. The highest BCUT2D eigenvalue weighted by molar-refractivity contribution is 5.94. The summed E-state index contributed by atoms with van der Waals surface area (Å²) in [5, 5.41) is 13.7. The van der Waals surface area contributed by atoms with Gasteiger partial charge in [-0.2, -0.15) is 0 Å². The van der Waals surface area contributed by atoms with Gasteiger partial charge in [0, 0.05) is 18.2 Å². The Morgan fingerprint density at radius 2 is 2.15 bits per heavy atom. The average molecular weight is 281 g/mol. The van der Waals surface area contributed by atoms with Gasteiger partial charge in [-0.05, 0) is 19.1 Å². The summed E-state index contributed by atoms with van der Waals surface area (Å²) in [6, 6.07) is 3.85. The van der Waals surface area contributed by atoms with Crippen molar-refractivity contribution >= 4 is 23.3 Å². The van der Waals surface area contributed by atoms with Crippen LogP contribution in [0, 0.1) is 10.1 Å². The average Bonchev–Trinajstić information content (AvgIpc) is 2.38. The molecular formula is C12H15N3O5. The summed E-state index contributed by atoms with van der Waals surface area (Å²) >= 11 is 0. The lowest BCUT2D eigenvalue weighted by molar-refractivity contribution is -0.384. The van der Waals surface area contributed by atoms with E-state index in [0.29, 0.717) is 0 Å². The first-order chi connectivity index (χ1) is 9.45. The number of hydrogen-bond donors (Lipinski definition) is 2. The number of hydrogen-bond acceptors (Lipinski definition) is 6. The van der Waals surface area contributed by atoms with Crippen molar-refractivity contribution in [2.24, 2.45) is 5.73 Å². The van der Waals surface area contributed by atoms with E-state index in [1.165, 1.54) is 12.1 Å². The quantitative estimate of drug-likeness (QED) is 0.437. The third-order valence-electron chi connectivity index (χ3n) is 2.43. The number of nitrogens with two attached hydrogens (primary N) is 1. The minimum atomic E-state index is -0.744. The Bertz CT molecular complexity index is 530. The van der Waals surface area contributed by atoms with Crippen molar-refractivity contribution in [2.75, 3.05) is 18.5 Å². The van der Waals surface area contributed by atoms with Crippen molar-refractivity contribution in [2.45, 2.75) is 13.3 Å². The molecule has 0 saturated carbocycles. The minimum Gasteiger partial charge on any atom is -0.466 e. The number of ether oxygens (including phenoxy) is 1. The number of benzene rings is 1. The van der Waals surface area contributed by atoms with Crippen molar-refractivity contribution < 1.29 is 19.2 Å². The van der Waals surface area contributed by atoms with Crippen molar-refractivity contribution in [3.8, 4) is 0 Å². The Morgan fingerprint density at radius 1 is 1.45 bits per heavy atom. The van der Waals surface area contributed by atoms with Crippen LogP contribution in [0.5, 0.6) is 0 Å². The van der Waals surface area contributed by atoms with Crippen LogP contribution in [-0.2, 0) is 9.53 Å². The van der Waals surface area contributed by atoms with Crippen LogP contribution in [0.3, 0.4) is 0 Å². The molecule has 0 fully saturated rings. The van der Waals surface area contributed by atoms with Crippen molar-refractivity contribution in [3.05, 3.63) is 33.9 Å². The van der Waals surface area contributed by atoms with E-state index in [1.807, 2.05) is 0 Å². The molecule has 0 unspecified atom stereocenters. The number of esters is 1. The number of nitro groups is 1. The van der Waals surface area contributed by atoms with Crippen molar-refractivity contribution in [1.29, 1.82) is 0 Å². The fraction of sp³-hybridized carbons (Fsp3) is 0.333. The van der Waals surface area contributed by atoms with Crippen LogP contribution in [0.25, 0.3) is 0 Å². The first-order valence-corrected chi connectivity index (χ1v) is 5.93. The Hall–Kier alpha value is -2.64. The number of carbonyl (C=O) groups is 2. The third-order valence-corrected chi connectivity index (χ3v) is 2.43. The third kappa shape index (κ3) is 4.23. The van der Waals surface area contributed by atoms with Crippen LogP contribution >= 0.6 is 0 Å². The lowest BCUT2D eigenvalue weighted by atomic mass is 10.1. The zero-order chi connectivity index (χ0) is 15.1. The molecule has 1 amide bonds. The van der Waals surface area contributed by atoms with Gasteiger partial charge in [-0.3, -0.25) is 19.7 Å². The second kappa shape index (κ2) is 7.07. The molecule has 8 nitrogen and oxygen atoms in total. The van der Waals surface area contributed by atoms with E-state index in [1.54, 1.807) is 6.92 Å². The van der Waals surface area contributed by atoms with Crippen LogP contribution in [-0.4, -0.2) is 30.0 Å². The summed E-state index contributed by atoms with van der Waals surface area (Å²) in [6.45, 7) is 2.17. The van der Waals surface area contributed by atoms with Crippen LogP contribution < -0.4 is 11.1 Å². The molecule has 0 aliphatic carbocycles. The van der Waals surface area contributed by atoms with Gasteiger partial charge >= 0.3 is 5.97 Å². The monoisotopic (exact) mass is 281 g/mol. The van der Waals surface area contributed by atoms with E-state index < -0.39 is 16.8 Å². The van der Waals surface area contributed by atoms with Crippen molar-refractivity contribution in [1.82, 2.24) is 0 Å². The van der Waals surface area contributed by atoms with Gasteiger partial charge in [0.25, 0.3) is 5.69 Å². The van der Waals surface area contributed by atoms with Crippen molar-refractivity contribution in [3.63, 3.8) is 0 Å². The normalized spacial score (nSPS) is 9.85. The van der Waals surface area contributed by atoms with Gasteiger partial charge in [0.05, 0.1) is 18.0 Å². The Labute approximate surface area is 115 Å². The number of nitro benzene ring substituents is 1. The van der Waals surface area contributed by atoms with Crippen LogP contribution in [0.4, 0.5) is 11.4 Å². The maximum absolute atomic E-state index is 11.1. The molecule has 0 bridgehead atoms. The molecule has 1 aromatic rings. The van der Waals surface area contributed by atoms with Gasteiger partial charge in [-0.15, -0.1) is 0 Å². The molecule has 0 aliphatic heterocycles. The fourth-order valence-corrected chi connectivity index (χ4v) is 1.52. The maximum atomic E-state index is 11.1. The summed E-state index contributed by atoms with van der Waals surface area (Å²) in [5.74, 6) is -1.14. The highest BCUT2D eigenvalue weighted by Gasteiger charge is 2.16. The smallest absolute Gasteiger partial charge is 0.307 e. The summed E-state index contributed by atoms with van der Waals surface area (Å²) in [5.41, 5.74) is 5.05. The van der Waals surface area contributed by atoms with E-state index in [-0.39, 0.29) is 36.5 Å². The zero-order valence-electron chi connectivity index (χ0n) is 10.9. The van der Waals surface area contributed by atoms with E-state index >= 15 is 0 Å². The molecule has 3 N–H and O–H groups in total. The topological polar surface area (TPSA) is 125 Å². The molecule has 1 rings (SSSR count). The Morgan fingerprint density at radius 3 is 2.70 bits per heavy atom. The van der Waals surface area contributed by atoms with Gasteiger partial charge in [0.15, 0.2) is 0 Å².